The average molecular weight is 246 g/mol. The maximum atomic E-state index is 10.2. The van der Waals surface area contributed by atoms with Gasteiger partial charge in [-0.3, -0.25) is 0 Å². The molecule has 17 heavy (non-hydrogen) atoms. The standard InChI is InChI=1S/C14H14O2S/c15-14(12-5-7-17-9-12)11-3-4-13-10(8-11)2-1-6-16-13/h3-5,7-9,14-15H,1-2,6H2. The second-order valence-electron chi connectivity index (χ2n) is 4.28. The molecule has 2 aromatic rings. The Morgan fingerprint density at radius 1 is 1.24 bits per heavy atom. The Kier molecular flexibility index (Phi) is 2.87. The molecule has 0 fully saturated rings. The molecule has 88 valence electrons. The summed E-state index contributed by atoms with van der Waals surface area (Å²) in [5.74, 6) is 0.970. The van der Waals surface area contributed by atoms with Gasteiger partial charge in [-0.2, -0.15) is 11.3 Å². The van der Waals surface area contributed by atoms with E-state index in [0.717, 1.165) is 36.3 Å². The quantitative estimate of drug-likeness (QED) is 0.882. The van der Waals surface area contributed by atoms with Crippen molar-refractivity contribution in [1.29, 1.82) is 0 Å². The van der Waals surface area contributed by atoms with E-state index in [1.54, 1.807) is 11.3 Å². The molecule has 0 bridgehead atoms. The van der Waals surface area contributed by atoms with Crippen molar-refractivity contribution in [2.24, 2.45) is 0 Å². The van der Waals surface area contributed by atoms with Crippen LogP contribution in [0.3, 0.4) is 0 Å². The first-order chi connectivity index (χ1) is 8.34. The molecule has 1 aromatic carbocycles. The van der Waals surface area contributed by atoms with E-state index in [1.165, 1.54) is 5.56 Å². The van der Waals surface area contributed by atoms with E-state index in [-0.39, 0.29) is 0 Å². The minimum atomic E-state index is -0.520. The van der Waals surface area contributed by atoms with E-state index in [0.29, 0.717) is 0 Å². The van der Waals surface area contributed by atoms with Crippen LogP contribution in [0.1, 0.15) is 29.2 Å². The van der Waals surface area contributed by atoms with Crippen LogP contribution in [-0.4, -0.2) is 11.7 Å². The Labute approximate surface area is 104 Å². The summed E-state index contributed by atoms with van der Waals surface area (Å²) in [7, 11) is 0. The molecule has 0 amide bonds. The molecule has 1 N–H and O–H groups in total. The summed E-state index contributed by atoms with van der Waals surface area (Å²) in [5.41, 5.74) is 3.13. The van der Waals surface area contributed by atoms with Crippen LogP contribution in [0.5, 0.6) is 5.75 Å². The van der Waals surface area contributed by atoms with Gasteiger partial charge in [-0.05, 0) is 58.5 Å². The Morgan fingerprint density at radius 2 is 2.18 bits per heavy atom. The number of hydrogen-bond acceptors (Lipinski definition) is 3. The lowest BCUT2D eigenvalue weighted by atomic mass is 9.98. The van der Waals surface area contributed by atoms with E-state index < -0.39 is 6.10 Å². The first-order valence-corrected chi connectivity index (χ1v) is 6.74. The molecule has 2 heterocycles. The molecular weight excluding hydrogens is 232 g/mol. The lowest BCUT2D eigenvalue weighted by molar-refractivity contribution is 0.220. The fraction of sp³-hybridized carbons (Fsp3) is 0.286. The second kappa shape index (κ2) is 4.51. The molecule has 1 unspecified atom stereocenters. The molecule has 0 radical (unpaired) electrons. The largest absolute Gasteiger partial charge is 0.493 e. The van der Waals surface area contributed by atoms with Gasteiger partial charge in [0.1, 0.15) is 11.9 Å². The van der Waals surface area contributed by atoms with Gasteiger partial charge in [0.05, 0.1) is 6.61 Å². The van der Waals surface area contributed by atoms with Crippen LogP contribution in [0, 0.1) is 0 Å². The highest BCUT2D eigenvalue weighted by Gasteiger charge is 2.15. The Balaban J connectivity index is 1.93. The third-order valence-electron chi connectivity index (χ3n) is 3.11. The molecule has 0 spiro atoms. The van der Waals surface area contributed by atoms with E-state index in [9.17, 15) is 5.11 Å². The normalized spacial score (nSPS) is 16.1. The Hall–Kier alpha value is -1.32. The van der Waals surface area contributed by atoms with Crippen LogP contribution < -0.4 is 4.74 Å². The molecular formula is C14H14O2S. The topological polar surface area (TPSA) is 29.5 Å². The van der Waals surface area contributed by atoms with Crippen molar-refractivity contribution < 1.29 is 9.84 Å². The fourth-order valence-electron chi connectivity index (χ4n) is 2.17. The van der Waals surface area contributed by atoms with Crippen molar-refractivity contribution in [2.75, 3.05) is 6.61 Å². The summed E-state index contributed by atoms with van der Waals surface area (Å²) in [5, 5.41) is 14.2. The average Bonchev–Trinajstić information content (AvgIpc) is 2.91. The number of rotatable bonds is 2. The number of aryl methyl sites for hydroxylation is 1. The van der Waals surface area contributed by atoms with Crippen LogP contribution in [0.4, 0.5) is 0 Å². The molecule has 1 aliphatic rings. The minimum absolute atomic E-state index is 0.520. The van der Waals surface area contributed by atoms with Crippen LogP contribution in [0.25, 0.3) is 0 Å². The Bertz CT molecular complexity index is 505. The zero-order valence-corrected chi connectivity index (χ0v) is 10.2. The van der Waals surface area contributed by atoms with E-state index in [1.807, 2.05) is 29.0 Å². The fourth-order valence-corrected chi connectivity index (χ4v) is 2.85. The maximum Gasteiger partial charge on any atom is 0.122 e. The molecule has 2 nitrogen and oxygen atoms in total. The van der Waals surface area contributed by atoms with Crippen molar-refractivity contribution in [3.05, 3.63) is 51.7 Å². The number of ether oxygens (including phenoxy) is 1. The molecule has 3 rings (SSSR count). The van der Waals surface area contributed by atoms with Crippen LogP contribution in [0.15, 0.2) is 35.0 Å². The molecule has 1 atom stereocenters. The van der Waals surface area contributed by atoms with Crippen LogP contribution in [0.2, 0.25) is 0 Å². The highest BCUT2D eigenvalue weighted by molar-refractivity contribution is 7.07. The SMILES string of the molecule is OC(c1ccsc1)c1ccc2c(c1)CCCO2. The summed E-state index contributed by atoms with van der Waals surface area (Å²) >= 11 is 1.61. The van der Waals surface area contributed by atoms with Crippen molar-refractivity contribution in [3.8, 4) is 5.75 Å². The minimum Gasteiger partial charge on any atom is -0.493 e. The summed E-state index contributed by atoms with van der Waals surface area (Å²) in [4.78, 5) is 0. The first kappa shape index (κ1) is 10.8. The molecule has 1 aliphatic heterocycles. The van der Waals surface area contributed by atoms with E-state index >= 15 is 0 Å². The van der Waals surface area contributed by atoms with Gasteiger partial charge in [0.25, 0.3) is 0 Å². The third kappa shape index (κ3) is 2.08. The number of aliphatic hydroxyl groups excluding tert-OH is 1. The van der Waals surface area contributed by atoms with Gasteiger partial charge in [0.15, 0.2) is 0 Å². The predicted molar refractivity (Wildman–Crippen MR) is 68.6 cm³/mol. The molecule has 1 aromatic heterocycles. The number of aliphatic hydroxyl groups is 1. The van der Waals surface area contributed by atoms with Gasteiger partial charge in [0, 0.05) is 0 Å². The second-order valence-corrected chi connectivity index (χ2v) is 5.06. The van der Waals surface area contributed by atoms with E-state index in [2.05, 4.69) is 6.07 Å². The van der Waals surface area contributed by atoms with Gasteiger partial charge >= 0.3 is 0 Å². The monoisotopic (exact) mass is 246 g/mol. The van der Waals surface area contributed by atoms with Crippen LogP contribution in [-0.2, 0) is 6.42 Å². The van der Waals surface area contributed by atoms with E-state index in [4.69, 9.17) is 4.74 Å². The zero-order chi connectivity index (χ0) is 11.7. The lowest BCUT2D eigenvalue weighted by Crippen LogP contribution is -2.09. The summed E-state index contributed by atoms with van der Waals surface area (Å²) in [6.07, 6.45) is 1.58. The zero-order valence-electron chi connectivity index (χ0n) is 9.43. The number of benzene rings is 1. The Morgan fingerprint density at radius 3 is 3.00 bits per heavy atom. The maximum absolute atomic E-state index is 10.2. The predicted octanol–water partition coefficient (Wildman–Crippen LogP) is 3.15. The molecule has 0 saturated carbocycles. The van der Waals surface area contributed by atoms with Crippen molar-refractivity contribution in [3.63, 3.8) is 0 Å². The van der Waals surface area contributed by atoms with Gasteiger partial charge in [-0.1, -0.05) is 6.07 Å². The molecule has 0 aliphatic carbocycles. The highest BCUT2D eigenvalue weighted by Crippen LogP contribution is 2.30. The van der Waals surface area contributed by atoms with Gasteiger partial charge in [0.2, 0.25) is 0 Å². The molecule has 0 saturated heterocycles. The van der Waals surface area contributed by atoms with Gasteiger partial charge < -0.3 is 9.84 Å². The van der Waals surface area contributed by atoms with Crippen molar-refractivity contribution in [2.45, 2.75) is 18.9 Å². The van der Waals surface area contributed by atoms with Gasteiger partial charge in [-0.15, -0.1) is 0 Å². The third-order valence-corrected chi connectivity index (χ3v) is 3.81. The number of thiophene rings is 1. The summed E-state index contributed by atoms with van der Waals surface area (Å²) in [6.45, 7) is 0.805. The van der Waals surface area contributed by atoms with Crippen LogP contribution >= 0.6 is 11.3 Å². The summed E-state index contributed by atoms with van der Waals surface area (Å²) < 4.78 is 5.57. The smallest absolute Gasteiger partial charge is 0.122 e. The summed E-state index contributed by atoms with van der Waals surface area (Å²) in [6, 6.07) is 7.95. The van der Waals surface area contributed by atoms with Crippen molar-refractivity contribution in [1.82, 2.24) is 0 Å². The molecule has 3 heteroatoms. The first-order valence-electron chi connectivity index (χ1n) is 5.80. The van der Waals surface area contributed by atoms with Gasteiger partial charge in [-0.25, -0.2) is 0 Å². The highest BCUT2D eigenvalue weighted by atomic mass is 32.1. The number of fused-ring (bicyclic) bond motifs is 1. The lowest BCUT2D eigenvalue weighted by Gasteiger charge is -2.19. The number of hydrogen-bond donors (Lipinski definition) is 1. The van der Waals surface area contributed by atoms with Crippen molar-refractivity contribution >= 4 is 11.3 Å².